The van der Waals surface area contributed by atoms with E-state index < -0.39 is 0 Å². The first-order valence-electron chi connectivity index (χ1n) is 21.0. The number of hydrogen-bond acceptors (Lipinski definition) is 1. The highest BCUT2D eigenvalue weighted by atomic mass is 16.3. The zero-order valence-corrected chi connectivity index (χ0v) is 37.4. The Morgan fingerprint density at radius 3 is 1.28 bits per heavy atom. The normalized spacial score (nSPS) is 13.5. The molecule has 8 aromatic rings. The number of para-hydroxylation sites is 1. The third-order valence-corrected chi connectivity index (χ3v) is 15.8. The van der Waals surface area contributed by atoms with Crippen LogP contribution in [0, 0.1) is 104 Å². The van der Waals surface area contributed by atoms with Crippen molar-refractivity contribution in [2.24, 2.45) is 0 Å². The van der Waals surface area contributed by atoms with Crippen molar-refractivity contribution in [1.29, 1.82) is 0 Å². The summed E-state index contributed by atoms with van der Waals surface area (Å²) >= 11 is 0. The van der Waals surface area contributed by atoms with Crippen molar-refractivity contribution < 1.29 is 4.42 Å². The van der Waals surface area contributed by atoms with Gasteiger partial charge in [0, 0.05) is 16.2 Å². The first-order valence-corrected chi connectivity index (χ1v) is 21.0. The monoisotopic (exact) mass is 746 g/mol. The van der Waals surface area contributed by atoms with E-state index in [1.807, 2.05) is 0 Å². The second-order valence-corrected chi connectivity index (χ2v) is 18.4. The Morgan fingerprint density at radius 1 is 0.333 bits per heavy atom. The van der Waals surface area contributed by atoms with E-state index in [4.69, 9.17) is 4.42 Å². The van der Waals surface area contributed by atoms with Gasteiger partial charge in [-0.15, -0.1) is 0 Å². The number of fused-ring (bicyclic) bond motifs is 8. The minimum absolute atomic E-state index is 0.0968. The number of furan rings is 1. The molecule has 0 saturated heterocycles. The molecule has 0 fully saturated rings. The SMILES string of the molecule is Cc1c(C)c(C)c2c(c1C)-c1c(C)c(-c3c4c(C)c(C)c(C)c(C)c4c(-c4ccc5oc6ccccc6c5c4)c4c(C)c(C)c(C)c(C)c34)c(C)c(C)c1C2(C)C. The summed E-state index contributed by atoms with van der Waals surface area (Å²) in [4.78, 5) is 0. The number of rotatable bonds is 2. The molecule has 1 heterocycles. The zero-order valence-electron chi connectivity index (χ0n) is 37.4. The van der Waals surface area contributed by atoms with Crippen LogP contribution in [0.4, 0.5) is 0 Å². The fraction of sp³-hybridized carbons (Fsp3) is 0.321. The summed E-state index contributed by atoms with van der Waals surface area (Å²) in [5.74, 6) is 0. The van der Waals surface area contributed by atoms with Crippen LogP contribution in [0.15, 0.2) is 46.9 Å². The first kappa shape index (κ1) is 37.4. The molecule has 57 heavy (non-hydrogen) atoms. The molecule has 0 spiro atoms. The Morgan fingerprint density at radius 2 is 0.737 bits per heavy atom. The van der Waals surface area contributed by atoms with Crippen molar-refractivity contribution >= 4 is 43.5 Å². The average Bonchev–Trinajstić information content (AvgIpc) is 3.68. The molecule has 1 aromatic heterocycles. The predicted octanol–water partition coefficient (Wildman–Crippen LogP) is 16.2. The van der Waals surface area contributed by atoms with E-state index in [-0.39, 0.29) is 5.41 Å². The lowest BCUT2D eigenvalue weighted by Gasteiger charge is -2.30. The summed E-state index contributed by atoms with van der Waals surface area (Å²) in [6.07, 6.45) is 0. The Hall–Kier alpha value is -5.14. The Labute approximate surface area is 340 Å². The Bertz CT molecular complexity index is 3090. The van der Waals surface area contributed by atoms with Gasteiger partial charge in [0.1, 0.15) is 11.2 Å². The second kappa shape index (κ2) is 12.2. The van der Waals surface area contributed by atoms with Crippen molar-refractivity contribution in [2.45, 2.75) is 123 Å². The standard InChI is InChI=1S/C56H58O/c1-25-27(3)33(9)48-46(31(25)7)52(40-22-23-44-42(24-40)41-20-18-19-21-43(41)57-44)47-32(8)26(2)28(4)34(10)49(47)53(48)45-36(12)38(14)55-51(39(45)15)50-35(11)29(5)30(6)37(13)54(50)56(55,16)17/h18-24H,1-17H3. The van der Waals surface area contributed by atoms with Gasteiger partial charge in [0.25, 0.3) is 0 Å². The first-order chi connectivity index (χ1) is 26.8. The van der Waals surface area contributed by atoms with Crippen LogP contribution in [0.5, 0.6) is 0 Å². The van der Waals surface area contributed by atoms with Gasteiger partial charge in [-0.2, -0.15) is 0 Å². The zero-order chi connectivity index (χ0) is 41.1. The molecule has 9 rings (SSSR count). The molecular formula is C56H58O. The van der Waals surface area contributed by atoms with Crippen LogP contribution in [-0.4, -0.2) is 0 Å². The smallest absolute Gasteiger partial charge is 0.135 e. The second-order valence-electron chi connectivity index (χ2n) is 18.4. The maximum atomic E-state index is 6.39. The third kappa shape index (κ3) is 4.58. The van der Waals surface area contributed by atoms with Crippen molar-refractivity contribution in [3.8, 4) is 33.4 Å². The van der Waals surface area contributed by atoms with Crippen molar-refractivity contribution in [1.82, 2.24) is 0 Å². The highest BCUT2D eigenvalue weighted by molar-refractivity contribution is 6.26. The summed E-state index contributed by atoms with van der Waals surface area (Å²) < 4.78 is 6.39. The molecule has 1 aliphatic carbocycles. The highest BCUT2D eigenvalue weighted by Gasteiger charge is 2.42. The van der Waals surface area contributed by atoms with Gasteiger partial charge in [0.2, 0.25) is 0 Å². The highest BCUT2D eigenvalue weighted by Crippen LogP contribution is 2.59. The lowest BCUT2D eigenvalue weighted by atomic mass is 9.73. The molecule has 7 aromatic carbocycles. The van der Waals surface area contributed by atoms with Crippen molar-refractivity contribution in [3.63, 3.8) is 0 Å². The number of hydrogen-bond donors (Lipinski definition) is 0. The van der Waals surface area contributed by atoms with E-state index in [1.165, 1.54) is 160 Å². The van der Waals surface area contributed by atoms with Crippen molar-refractivity contribution in [3.05, 3.63) is 137 Å². The van der Waals surface area contributed by atoms with Crippen LogP contribution in [0.3, 0.4) is 0 Å². The lowest BCUT2D eigenvalue weighted by Crippen LogP contribution is -2.19. The van der Waals surface area contributed by atoms with E-state index in [2.05, 4.69) is 160 Å². The molecule has 0 unspecified atom stereocenters. The molecule has 0 bridgehead atoms. The van der Waals surface area contributed by atoms with E-state index in [1.54, 1.807) is 0 Å². The molecule has 0 radical (unpaired) electrons. The summed E-state index contributed by atoms with van der Waals surface area (Å²) in [5, 5.41) is 7.90. The molecule has 1 nitrogen and oxygen atoms in total. The molecule has 0 amide bonds. The van der Waals surface area contributed by atoms with Crippen LogP contribution >= 0.6 is 0 Å². The molecule has 1 aliphatic rings. The Balaban J connectivity index is 1.57. The van der Waals surface area contributed by atoms with Crippen LogP contribution in [-0.2, 0) is 5.41 Å². The van der Waals surface area contributed by atoms with Gasteiger partial charge in [0.05, 0.1) is 0 Å². The van der Waals surface area contributed by atoms with Crippen LogP contribution in [0.25, 0.3) is 76.9 Å². The quantitative estimate of drug-likeness (QED) is 0.161. The molecule has 0 saturated carbocycles. The van der Waals surface area contributed by atoms with Gasteiger partial charge < -0.3 is 4.42 Å². The average molecular weight is 747 g/mol. The van der Waals surface area contributed by atoms with Crippen LogP contribution in [0.2, 0.25) is 0 Å². The molecule has 288 valence electrons. The lowest BCUT2D eigenvalue weighted by molar-refractivity contribution is 0.648. The molecule has 0 aliphatic heterocycles. The van der Waals surface area contributed by atoms with Crippen LogP contribution < -0.4 is 0 Å². The van der Waals surface area contributed by atoms with Crippen LogP contribution in [0.1, 0.15) is 108 Å². The van der Waals surface area contributed by atoms with Gasteiger partial charge in [-0.05, 0) is 272 Å². The van der Waals surface area contributed by atoms with Gasteiger partial charge in [-0.1, -0.05) is 38.1 Å². The summed E-state index contributed by atoms with van der Waals surface area (Å²) in [7, 11) is 0. The van der Waals surface area contributed by atoms with Gasteiger partial charge in [-0.3, -0.25) is 0 Å². The van der Waals surface area contributed by atoms with E-state index in [0.29, 0.717) is 0 Å². The maximum absolute atomic E-state index is 6.39. The minimum Gasteiger partial charge on any atom is -0.456 e. The van der Waals surface area contributed by atoms with Gasteiger partial charge in [0.15, 0.2) is 0 Å². The number of aryl methyl sites for hydroxylation is 4. The Kier molecular flexibility index (Phi) is 8.00. The fourth-order valence-electron chi connectivity index (χ4n) is 11.7. The minimum atomic E-state index is -0.0968. The molecule has 1 heteroatoms. The van der Waals surface area contributed by atoms with Gasteiger partial charge >= 0.3 is 0 Å². The van der Waals surface area contributed by atoms with Gasteiger partial charge in [-0.25, -0.2) is 0 Å². The van der Waals surface area contributed by atoms with E-state index in [0.717, 1.165) is 11.2 Å². The predicted molar refractivity (Wildman–Crippen MR) is 248 cm³/mol. The maximum Gasteiger partial charge on any atom is 0.135 e. The largest absolute Gasteiger partial charge is 0.456 e. The molecule has 0 N–H and O–H groups in total. The summed E-state index contributed by atoms with van der Waals surface area (Å²) in [6, 6.07) is 15.4. The topological polar surface area (TPSA) is 13.1 Å². The summed E-state index contributed by atoms with van der Waals surface area (Å²) in [6.45, 7) is 40.5. The molecule has 0 atom stereocenters. The van der Waals surface area contributed by atoms with E-state index in [9.17, 15) is 0 Å². The third-order valence-electron chi connectivity index (χ3n) is 15.8. The summed E-state index contributed by atoms with van der Waals surface area (Å²) in [5.41, 5.74) is 34.2. The fourth-order valence-corrected chi connectivity index (χ4v) is 11.7. The van der Waals surface area contributed by atoms with E-state index >= 15 is 0 Å². The number of benzene rings is 7. The molecular weight excluding hydrogens is 689 g/mol. The van der Waals surface area contributed by atoms with Crippen molar-refractivity contribution in [2.75, 3.05) is 0 Å².